The van der Waals surface area contributed by atoms with Gasteiger partial charge in [-0.05, 0) is 79.9 Å². The predicted molar refractivity (Wildman–Crippen MR) is 148 cm³/mol. The van der Waals surface area contributed by atoms with Crippen molar-refractivity contribution in [1.82, 2.24) is 15.0 Å². The maximum absolute atomic E-state index is 11.9. The van der Waals surface area contributed by atoms with Gasteiger partial charge < -0.3 is 15.8 Å². The molecule has 3 aromatic heterocycles. The Balaban J connectivity index is 0.000000312. The summed E-state index contributed by atoms with van der Waals surface area (Å²) in [6, 6.07) is 16.4. The summed E-state index contributed by atoms with van der Waals surface area (Å²) in [6.07, 6.45) is -1.13. The SMILES string of the molecule is CCOc1cc(-c2cc(NC)ccc2C)cc(-c2ccnc(C)c2)n1.NC=O.O=Cc1ccnc(C(F)(F)F)c1. The molecular formula is C29H30F3N5O3. The van der Waals surface area contributed by atoms with Crippen molar-refractivity contribution < 1.29 is 27.5 Å². The zero-order chi connectivity index (χ0) is 29.7. The third-order valence-corrected chi connectivity index (χ3v) is 5.33. The van der Waals surface area contributed by atoms with Crippen LogP contribution in [0.5, 0.6) is 5.88 Å². The van der Waals surface area contributed by atoms with Crippen molar-refractivity contribution in [3.8, 4) is 28.3 Å². The Labute approximate surface area is 230 Å². The number of rotatable bonds is 6. The number of nitrogens with two attached hydrogens (primary N) is 1. The number of nitrogens with one attached hydrogen (secondary N) is 1. The summed E-state index contributed by atoms with van der Waals surface area (Å²) < 4.78 is 41.5. The standard InChI is InChI=1S/C21H23N3O.C7H4F3NO.CH3NO/c1-5-25-21-12-17(19-13-18(22-4)7-6-14(19)2)11-20(24-21)16-8-9-23-15(3)10-16;8-7(9,10)6-3-5(4-12)1-2-11-6;2-1-3/h6-13,22H,5H2,1-4H3;1-4H;1H,(H2,2,3). The molecular weight excluding hydrogens is 523 g/mol. The Morgan fingerprint density at radius 1 is 0.950 bits per heavy atom. The molecule has 0 aliphatic rings. The molecule has 0 fully saturated rings. The molecule has 0 saturated carbocycles. The number of primary amides is 1. The van der Waals surface area contributed by atoms with Gasteiger partial charge in [0.15, 0.2) is 0 Å². The summed E-state index contributed by atoms with van der Waals surface area (Å²) in [4.78, 5) is 30.7. The van der Waals surface area contributed by atoms with Crippen molar-refractivity contribution >= 4 is 18.4 Å². The number of pyridine rings is 3. The molecule has 8 nitrogen and oxygen atoms in total. The second-order valence-corrected chi connectivity index (χ2v) is 8.20. The highest BCUT2D eigenvalue weighted by Crippen LogP contribution is 2.32. The first-order valence-corrected chi connectivity index (χ1v) is 12.1. The Morgan fingerprint density at radius 3 is 2.25 bits per heavy atom. The van der Waals surface area contributed by atoms with E-state index in [-0.39, 0.29) is 12.0 Å². The van der Waals surface area contributed by atoms with Crippen LogP contribution in [-0.4, -0.2) is 41.3 Å². The number of aldehydes is 1. The minimum Gasteiger partial charge on any atom is -0.478 e. The highest BCUT2D eigenvalue weighted by molar-refractivity contribution is 5.76. The number of alkyl halides is 3. The highest BCUT2D eigenvalue weighted by Gasteiger charge is 2.32. The van der Waals surface area contributed by atoms with Crippen molar-refractivity contribution in [2.45, 2.75) is 26.9 Å². The lowest BCUT2D eigenvalue weighted by Crippen LogP contribution is -2.07. The van der Waals surface area contributed by atoms with Crippen LogP contribution in [-0.2, 0) is 11.0 Å². The van der Waals surface area contributed by atoms with Crippen molar-refractivity contribution in [2.24, 2.45) is 5.73 Å². The largest absolute Gasteiger partial charge is 0.478 e. The molecule has 1 aromatic carbocycles. The molecule has 4 aromatic rings. The van der Waals surface area contributed by atoms with Crippen molar-refractivity contribution in [2.75, 3.05) is 19.0 Å². The summed E-state index contributed by atoms with van der Waals surface area (Å²) in [7, 11) is 1.93. The second-order valence-electron chi connectivity index (χ2n) is 8.20. The van der Waals surface area contributed by atoms with Gasteiger partial charge in [-0.1, -0.05) is 6.07 Å². The lowest BCUT2D eigenvalue weighted by molar-refractivity contribution is -0.141. The highest BCUT2D eigenvalue weighted by atomic mass is 19.4. The maximum atomic E-state index is 11.9. The molecule has 0 unspecified atom stereocenters. The molecule has 3 N–H and O–H groups in total. The van der Waals surface area contributed by atoms with Gasteiger partial charge in [-0.25, -0.2) is 4.98 Å². The third-order valence-electron chi connectivity index (χ3n) is 5.33. The van der Waals surface area contributed by atoms with E-state index in [0.29, 0.717) is 24.8 Å². The molecule has 11 heteroatoms. The maximum Gasteiger partial charge on any atom is 0.433 e. The van der Waals surface area contributed by atoms with Crippen LogP contribution in [0.15, 0.2) is 67.0 Å². The van der Waals surface area contributed by atoms with Gasteiger partial charge in [0.1, 0.15) is 12.0 Å². The first-order valence-electron chi connectivity index (χ1n) is 12.1. The van der Waals surface area contributed by atoms with E-state index < -0.39 is 11.9 Å². The summed E-state index contributed by atoms with van der Waals surface area (Å²) in [5, 5.41) is 3.20. The number of benzene rings is 1. The number of ether oxygens (including phenoxy) is 1. The molecule has 210 valence electrons. The first-order chi connectivity index (χ1) is 19.1. The molecule has 0 bridgehead atoms. The molecule has 0 aliphatic heterocycles. The normalized spacial score (nSPS) is 10.3. The number of nitrogens with zero attached hydrogens (tertiary/aromatic N) is 3. The van der Waals surface area contributed by atoms with E-state index >= 15 is 0 Å². The fourth-order valence-electron chi connectivity index (χ4n) is 3.50. The molecule has 0 spiro atoms. The average Bonchev–Trinajstić information content (AvgIpc) is 2.94. The lowest BCUT2D eigenvalue weighted by atomic mass is 9.98. The minimum absolute atomic E-state index is 0.0303. The predicted octanol–water partition coefficient (Wildman–Crippen LogP) is 5.88. The van der Waals surface area contributed by atoms with Gasteiger partial charge in [0.25, 0.3) is 0 Å². The number of amides is 1. The van der Waals surface area contributed by atoms with Crippen LogP contribution in [0.2, 0.25) is 0 Å². The fraction of sp³-hybridized carbons (Fsp3) is 0.207. The summed E-state index contributed by atoms with van der Waals surface area (Å²) in [5.74, 6) is 0.638. The molecule has 0 atom stereocenters. The third kappa shape index (κ3) is 9.19. The van der Waals surface area contributed by atoms with Gasteiger partial charge in [0.05, 0.1) is 12.3 Å². The van der Waals surface area contributed by atoms with Crippen LogP contribution < -0.4 is 15.8 Å². The van der Waals surface area contributed by atoms with E-state index in [1.54, 1.807) is 0 Å². The first kappa shape index (κ1) is 31.4. The summed E-state index contributed by atoms with van der Waals surface area (Å²) >= 11 is 0. The van der Waals surface area contributed by atoms with Gasteiger partial charge >= 0.3 is 6.18 Å². The molecule has 0 saturated heterocycles. The Bertz CT molecular complexity index is 1430. The fourth-order valence-corrected chi connectivity index (χ4v) is 3.50. The van der Waals surface area contributed by atoms with Gasteiger partial charge in [-0.15, -0.1) is 0 Å². The van der Waals surface area contributed by atoms with Gasteiger partial charge in [-0.3, -0.25) is 19.6 Å². The van der Waals surface area contributed by atoms with E-state index in [1.807, 2.05) is 45.3 Å². The number of aromatic nitrogens is 3. The number of aryl methyl sites for hydroxylation is 2. The Kier molecular flexibility index (Phi) is 11.7. The van der Waals surface area contributed by atoms with Crippen LogP contribution in [0.3, 0.4) is 0 Å². The summed E-state index contributed by atoms with van der Waals surface area (Å²) in [6.45, 7) is 6.65. The average molecular weight is 554 g/mol. The van der Waals surface area contributed by atoms with E-state index in [4.69, 9.17) is 9.53 Å². The number of halogens is 3. The number of carbonyl (C=O) groups is 2. The molecule has 0 radical (unpaired) electrons. The van der Waals surface area contributed by atoms with Crippen molar-refractivity contribution in [3.63, 3.8) is 0 Å². The Hall–Kier alpha value is -4.80. The van der Waals surface area contributed by atoms with Crippen LogP contribution in [0.4, 0.5) is 18.9 Å². The van der Waals surface area contributed by atoms with Crippen LogP contribution in [0, 0.1) is 13.8 Å². The van der Waals surface area contributed by atoms with Crippen LogP contribution in [0.1, 0.15) is 34.2 Å². The van der Waals surface area contributed by atoms with E-state index in [0.717, 1.165) is 34.4 Å². The van der Waals surface area contributed by atoms with E-state index in [1.165, 1.54) is 17.2 Å². The van der Waals surface area contributed by atoms with E-state index in [2.05, 4.69) is 57.2 Å². The molecule has 4 rings (SSSR count). The van der Waals surface area contributed by atoms with Gasteiger partial charge in [-0.2, -0.15) is 13.2 Å². The molecule has 40 heavy (non-hydrogen) atoms. The zero-order valence-corrected chi connectivity index (χ0v) is 22.5. The number of hydrogen-bond donors (Lipinski definition) is 2. The van der Waals surface area contributed by atoms with Gasteiger partial charge in [0.2, 0.25) is 12.3 Å². The van der Waals surface area contributed by atoms with Crippen molar-refractivity contribution in [1.29, 1.82) is 0 Å². The zero-order valence-electron chi connectivity index (χ0n) is 22.5. The molecule has 1 amide bonds. The number of hydrogen-bond acceptors (Lipinski definition) is 7. The van der Waals surface area contributed by atoms with E-state index in [9.17, 15) is 18.0 Å². The topological polar surface area (TPSA) is 120 Å². The van der Waals surface area contributed by atoms with Crippen LogP contribution in [0.25, 0.3) is 22.4 Å². The van der Waals surface area contributed by atoms with Gasteiger partial charge in [0, 0.05) is 48.0 Å². The monoisotopic (exact) mass is 553 g/mol. The number of anilines is 1. The van der Waals surface area contributed by atoms with Crippen molar-refractivity contribution in [3.05, 3.63) is 89.5 Å². The Morgan fingerprint density at radius 2 is 1.65 bits per heavy atom. The quantitative estimate of drug-likeness (QED) is 0.286. The smallest absolute Gasteiger partial charge is 0.433 e. The lowest BCUT2D eigenvalue weighted by Gasteiger charge is -2.13. The number of carbonyl (C=O) groups excluding carboxylic acids is 2. The van der Waals surface area contributed by atoms with Crippen LogP contribution >= 0.6 is 0 Å². The molecule has 3 heterocycles. The summed E-state index contributed by atoms with van der Waals surface area (Å²) in [5.41, 5.74) is 10.5. The minimum atomic E-state index is -4.49. The second kappa shape index (κ2) is 15.0. The molecule has 0 aliphatic carbocycles.